The maximum absolute atomic E-state index is 5.64. The van der Waals surface area contributed by atoms with Crippen LogP contribution in [0.2, 0.25) is 0 Å². The van der Waals surface area contributed by atoms with E-state index in [9.17, 15) is 0 Å². The van der Waals surface area contributed by atoms with Crippen molar-refractivity contribution < 1.29 is 4.74 Å². The van der Waals surface area contributed by atoms with Gasteiger partial charge in [-0.15, -0.1) is 0 Å². The Kier molecular flexibility index (Phi) is 8.20. The van der Waals surface area contributed by atoms with Crippen LogP contribution in [-0.2, 0) is 4.74 Å². The van der Waals surface area contributed by atoms with E-state index in [0.29, 0.717) is 12.1 Å². The quantitative estimate of drug-likeness (QED) is 0.652. The van der Waals surface area contributed by atoms with Gasteiger partial charge in [0.25, 0.3) is 0 Å². The SMILES string of the molecule is CCCNC(COC(C)C)CC(C)C. The lowest BCUT2D eigenvalue weighted by Gasteiger charge is -2.21. The van der Waals surface area contributed by atoms with Crippen molar-refractivity contribution in [2.75, 3.05) is 13.2 Å². The van der Waals surface area contributed by atoms with Gasteiger partial charge in [0.1, 0.15) is 0 Å². The average Bonchev–Trinajstić information content (AvgIpc) is 2.09. The van der Waals surface area contributed by atoms with E-state index in [1.807, 2.05) is 0 Å². The van der Waals surface area contributed by atoms with Crippen molar-refractivity contribution in [1.82, 2.24) is 5.32 Å². The smallest absolute Gasteiger partial charge is 0.0623 e. The zero-order chi connectivity index (χ0) is 11.0. The van der Waals surface area contributed by atoms with E-state index in [1.165, 1.54) is 12.8 Å². The van der Waals surface area contributed by atoms with Crippen LogP contribution in [0.4, 0.5) is 0 Å². The molecule has 2 nitrogen and oxygen atoms in total. The van der Waals surface area contributed by atoms with Crippen LogP contribution >= 0.6 is 0 Å². The minimum Gasteiger partial charge on any atom is -0.377 e. The first-order valence-electron chi connectivity index (χ1n) is 5.91. The third-order valence-electron chi connectivity index (χ3n) is 2.07. The molecular weight excluding hydrogens is 174 g/mol. The van der Waals surface area contributed by atoms with Crippen molar-refractivity contribution in [1.29, 1.82) is 0 Å². The summed E-state index contributed by atoms with van der Waals surface area (Å²) in [4.78, 5) is 0. The summed E-state index contributed by atoms with van der Waals surface area (Å²) < 4.78 is 5.64. The van der Waals surface area contributed by atoms with Gasteiger partial charge in [-0.25, -0.2) is 0 Å². The molecule has 0 saturated carbocycles. The van der Waals surface area contributed by atoms with E-state index in [-0.39, 0.29) is 0 Å². The Morgan fingerprint density at radius 3 is 2.21 bits per heavy atom. The number of ether oxygens (including phenoxy) is 1. The molecule has 0 spiro atoms. The molecule has 0 fully saturated rings. The van der Waals surface area contributed by atoms with Crippen molar-refractivity contribution in [3.05, 3.63) is 0 Å². The second-order valence-corrected chi connectivity index (χ2v) is 4.66. The van der Waals surface area contributed by atoms with E-state index in [0.717, 1.165) is 19.1 Å². The maximum Gasteiger partial charge on any atom is 0.0623 e. The lowest BCUT2D eigenvalue weighted by atomic mass is 10.0. The summed E-state index contributed by atoms with van der Waals surface area (Å²) in [7, 11) is 0. The van der Waals surface area contributed by atoms with Crippen molar-refractivity contribution in [2.24, 2.45) is 5.92 Å². The summed E-state index contributed by atoms with van der Waals surface area (Å²) in [6.45, 7) is 12.8. The van der Waals surface area contributed by atoms with Gasteiger partial charge >= 0.3 is 0 Å². The Hall–Kier alpha value is -0.0800. The molecule has 1 N–H and O–H groups in total. The minimum atomic E-state index is 0.341. The summed E-state index contributed by atoms with van der Waals surface area (Å²) in [5, 5.41) is 3.53. The largest absolute Gasteiger partial charge is 0.377 e. The van der Waals surface area contributed by atoms with Crippen molar-refractivity contribution >= 4 is 0 Å². The highest BCUT2D eigenvalue weighted by Crippen LogP contribution is 2.06. The molecule has 0 heterocycles. The molecule has 1 unspecified atom stereocenters. The Bertz CT molecular complexity index is 123. The molecule has 1 atom stereocenters. The first-order chi connectivity index (χ1) is 6.56. The number of rotatable bonds is 8. The Morgan fingerprint density at radius 2 is 1.79 bits per heavy atom. The molecule has 86 valence electrons. The lowest BCUT2D eigenvalue weighted by Crippen LogP contribution is -2.36. The van der Waals surface area contributed by atoms with Crippen molar-refractivity contribution in [2.45, 2.75) is 59.6 Å². The van der Waals surface area contributed by atoms with Crippen LogP contribution in [0.3, 0.4) is 0 Å². The predicted octanol–water partition coefficient (Wildman–Crippen LogP) is 2.83. The zero-order valence-corrected chi connectivity index (χ0v) is 10.5. The fourth-order valence-corrected chi connectivity index (χ4v) is 1.44. The molecule has 0 bridgehead atoms. The van der Waals surface area contributed by atoms with Gasteiger partial charge in [0.2, 0.25) is 0 Å². The molecule has 0 aromatic carbocycles. The number of hydrogen-bond donors (Lipinski definition) is 1. The molecular formula is C12H27NO. The molecule has 2 heteroatoms. The zero-order valence-electron chi connectivity index (χ0n) is 10.5. The fraction of sp³-hybridized carbons (Fsp3) is 1.00. The summed E-state index contributed by atoms with van der Waals surface area (Å²) in [6, 6.07) is 0.525. The third kappa shape index (κ3) is 8.52. The highest BCUT2D eigenvalue weighted by molar-refractivity contribution is 4.68. The van der Waals surface area contributed by atoms with Crippen LogP contribution in [0.5, 0.6) is 0 Å². The standard InChI is InChI=1S/C12H27NO/c1-6-7-13-12(8-10(2)3)9-14-11(4)5/h10-13H,6-9H2,1-5H3. The Morgan fingerprint density at radius 1 is 1.14 bits per heavy atom. The van der Waals surface area contributed by atoms with E-state index in [1.54, 1.807) is 0 Å². The van der Waals surface area contributed by atoms with Crippen LogP contribution in [0.1, 0.15) is 47.5 Å². The summed E-state index contributed by atoms with van der Waals surface area (Å²) >= 11 is 0. The van der Waals surface area contributed by atoms with Gasteiger partial charge in [-0.1, -0.05) is 20.8 Å². The van der Waals surface area contributed by atoms with Gasteiger partial charge in [0.05, 0.1) is 12.7 Å². The summed E-state index contributed by atoms with van der Waals surface area (Å²) in [5.74, 6) is 0.736. The van der Waals surface area contributed by atoms with Crippen molar-refractivity contribution in [3.8, 4) is 0 Å². The minimum absolute atomic E-state index is 0.341. The molecule has 0 aromatic rings. The van der Waals surface area contributed by atoms with Crippen LogP contribution < -0.4 is 5.32 Å². The third-order valence-corrected chi connectivity index (χ3v) is 2.07. The monoisotopic (exact) mass is 201 g/mol. The molecule has 14 heavy (non-hydrogen) atoms. The number of hydrogen-bond acceptors (Lipinski definition) is 2. The van der Waals surface area contributed by atoms with Crippen LogP contribution in [-0.4, -0.2) is 25.3 Å². The van der Waals surface area contributed by atoms with Crippen LogP contribution in [0.25, 0.3) is 0 Å². The van der Waals surface area contributed by atoms with Crippen LogP contribution in [0.15, 0.2) is 0 Å². The van der Waals surface area contributed by atoms with Gasteiger partial charge in [-0.2, -0.15) is 0 Å². The molecule has 0 aliphatic rings. The van der Waals surface area contributed by atoms with E-state index in [2.05, 4.69) is 39.9 Å². The van der Waals surface area contributed by atoms with Crippen molar-refractivity contribution in [3.63, 3.8) is 0 Å². The van der Waals surface area contributed by atoms with Gasteiger partial charge in [0, 0.05) is 6.04 Å². The molecule has 0 aliphatic heterocycles. The lowest BCUT2D eigenvalue weighted by molar-refractivity contribution is 0.0570. The normalized spacial score (nSPS) is 13.9. The first-order valence-corrected chi connectivity index (χ1v) is 5.91. The van der Waals surface area contributed by atoms with Gasteiger partial charge < -0.3 is 10.1 Å². The van der Waals surface area contributed by atoms with E-state index in [4.69, 9.17) is 4.74 Å². The van der Waals surface area contributed by atoms with Gasteiger partial charge in [-0.3, -0.25) is 0 Å². The Labute approximate surface area is 89.4 Å². The molecule has 0 saturated heterocycles. The van der Waals surface area contributed by atoms with Gasteiger partial charge in [-0.05, 0) is 39.2 Å². The number of nitrogens with one attached hydrogen (secondary N) is 1. The van der Waals surface area contributed by atoms with Gasteiger partial charge in [0.15, 0.2) is 0 Å². The highest BCUT2D eigenvalue weighted by atomic mass is 16.5. The first kappa shape index (κ1) is 13.9. The molecule has 0 amide bonds. The molecule has 0 radical (unpaired) electrons. The van der Waals surface area contributed by atoms with E-state index >= 15 is 0 Å². The highest BCUT2D eigenvalue weighted by Gasteiger charge is 2.10. The molecule has 0 rings (SSSR count). The second kappa shape index (κ2) is 8.25. The molecule has 0 aromatic heterocycles. The predicted molar refractivity (Wildman–Crippen MR) is 62.6 cm³/mol. The summed E-state index contributed by atoms with van der Waals surface area (Å²) in [5.41, 5.74) is 0. The molecule has 0 aliphatic carbocycles. The summed E-state index contributed by atoms with van der Waals surface area (Å²) in [6.07, 6.45) is 2.73. The van der Waals surface area contributed by atoms with Crippen LogP contribution in [0, 0.1) is 5.92 Å². The average molecular weight is 201 g/mol. The van der Waals surface area contributed by atoms with E-state index < -0.39 is 0 Å². The second-order valence-electron chi connectivity index (χ2n) is 4.66. The fourth-order valence-electron chi connectivity index (χ4n) is 1.44. The Balaban J connectivity index is 3.72. The maximum atomic E-state index is 5.64. The topological polar surface area (TPSA) is 21.3 Å².